The van der Waals surface area contributed by atoms with Crippen molar-refractivity contribution in [3.63, 3.8) is 0 Å². The first-order chi connectivity index (χ1) is 12.5. The van der Waals surface area contributed by atoms with Gasteiger partial charge in [0.1, 0.15) is 11.8 Å². The van der Waals surface area contributed by atoms with Gasteiger partial charge in [0.2, 0.25) is 5.78 Å². The van der Waals surface area contributed by atoms with E-state index in [4.69, 9.17) is 4.74 Å². The second-order valence-electron chi connectivity index (χ2n) is 6.49. The summed E-state index contributed by atoms with van der Waals surface area (Å²) in [5.41, 5.74) is 2.23. The van der Waals surface area contributed by atoms with Gasteiger partial charge in [0.05, 0.1) is 18.5 Å². The fourth-order valence-electron chi connectivity index (χ4n) is 2.97. The van der Waals surface area contributed by atoms with Gasteiger partial charge in [0.25, 0.3) is 5.91 Å². The number of hydrogen-bond donors (Lipinski definition) is 1. The Balaban J connectivity index is 1.98. The maximum absolute atomic E-state index is 12.9. The highest BCUT2D eigenvalue weighted by atomic mass is 16.5. The average molecular weight is 353 g/mol. The van der Waals surface area contributed by atoms with Gasteiger partial charge in [-0.1, -0.05) is 24.3 Å². The number of likely N-dealkylation sites (N-methyl/N-ethyl adjacent to an activating group) is 1. The standard InChI is InChI=1S/C20H23N3O3/c1-22(2)12-13-23-17-7-5-4-6-16(17)21-18(19(24)20(23)25)14-8-10-15(26-3)11-9-14/h4-11,18,21H,12-13H2,1-3H3. The van der Waals surface area contributed by atoms with E-state index in [0.717, 1.165) is 16.9 Å². The number of methoxy groups -OCH3 is 1. The van der Waals surface area contributed by atoms with Gasteiger partial charge in [-0.2, -0.15) is 0 Å². The number of nitrogens with zero attached hydrogens (tertiary/aromatic N) is 2. The van der Waals surface area contributed by atoms with Crippen molar-refractivity contribution in [3.05, 3.63) is 54.1 Å². The topological polar surface area (TPSA) is 61.9 Å². The summed E-state index contributed by atoms with van der Waals surface area (Å²) in [6.07, 6.45) is 0. The van der Waals surface area contributed by atoms with Gasteiger partial charge >= 0.3 is 0 Å². The van der Waals surface area contributed by atoms with Crippen molar-refractivity contribution in [2.45, 2.75) is 6.04 Å². The van der Waals surface area contributed by atoms with E-state index in [0.29, 0.717) is 18.8 Å². The lowest BCUT2D eigenvalue weighted by molar-refractivity contribution is -0.136. The lowest BCUT2D eigenvalue weighted by Gasteiger charge is -2.23. The number of hydrogen-bond acceptors (Lipinski definition) is 5. The first kappa shape index (κ1) is 17.9. The van der Waals surface area contributed by atoms with Gasteiger partial charge in [-0.25, -0.2) is 0 Å². The number of ether oxygens (including phenoxy) is 1. The van der Waals surface area contributed by atoms with Crippen LogP contribution in [-0.4, -0.2) is 50.9 Å². The minimum atomic E-state index is -0.723. The fourth-order valence-corrected chi connectivity index (χ4v) is 2.97. The summed E-state index contributed by atoms with van der Waals surface area (Å²) < 4.78 is 5.17. The van der Waals surface area contributed by atoms with Gasteiger partial charge in [0, 0.05) is 13.1 Å². The SMILES string of the molecule is COc1ccc(C2Nc3ccccc3N(CCN(C)C)C(=O)C2=O)cc1. The molecule has 0 radical (unpaired) electrons. The smallest absolute Gasteiger partial charge is 0.297 e. The third kappa shape index (κ3) is 3.55. The van der Waals surface area contributed by atoms with E-state index in [1.54, 1.807) is 36.3 Å². The molecule has 3 rings (SSSR count). The van der Waals surface area contributed by atoms with E-state index in [9.17, 15) is 9.59 Å². The van der Waals surface area contributed by atoms with Crippen LogP contribution in [0.4, 0.5) is 11.4 Å². The van der Waals surface area contributed by atoms with E-state index in [1.807, 2.05) is 43.3 Å². The number of nitrogens with one attached hydrogen (secondary N) is 1. The van der Waals surface area contributed by atoms with Gasteiger partial charge in [0.15, 0.2) is 0 Å². The molecule has 26 heavy (non-hydrogen) atoms. The Morgan fingerprint density at radius 3 is 2.42 bits per heavy atom. The minimum Gasteiger partial charge on any atom is -0.497 e. The molecule has 0 saturated heterocycles. The number of carbonyl (C=O) groups is 2. The Bertz CT molecular complexity index is 802. The molecule has 1 atom stereocenters. The van der Waals surface area contributed by atoms with E-state index in [-0.39, 0.29) is 0 Å². The molecule has 0 aliphatic carbocycles. The number of amides is 1. The molecule has 1 N–H and O–H groups in total. The number of benzene rings is 2. The predicted molar refractivity (Wildman–Crippen MR) is 102 cm³/mol. The van der Waals surface area contributed by atoms with Gasteiger partial charge < -0.3 is 19.9 Å². The molecule has 0 fully saturated rings. The highest BCUT2D eigenvalue weighted by Crippen LogP contribution is 2.34. The predicted octanol–water partition coefficient (Wildman–Crippen LogP) is 2.33. The largest absolute Gasteiger partial charge is 0.497 e. The van der Waals surface area contributed by atoms with Crippen LogP contribution < -0.4 is 15.0 Å². The maximum Gasteiger partial charge on any atom is 0.297 e. The summed E-state index contributed by atoms with van der Waals surface area (Å²) in [4.78, 5) is 29.4. The molecule has 1 heterocycles. The zero-order valence-corrected chi connectivity index (χ0v) is 15.2. The van der Waals surface area contributed by atoms with Crippen LogP contribution in [0.1, 0.15) is 11.6 Å². The number of ketones is 1. The van der Waals surface area contributed by atoms with Crippen LogP contribution >= 0.6 is 0 Å². The van der Waals surface area contributed by atoms with Crippen molar-refractivity contribution in [2.24, 2.45) is 0 Å². The van der Waals surface area contributed by atoms with Crippen molar-refractivity contribution < 1.29 is 14.3 Å². The lowest BCUT2D eigenvalue weighted by Crippen LogP contribution is -2.41. The normalized spacial score (nSPS) is 16.9. The van der Waals surface area contributed by atoms with Crippen molar-refractivity contribution >= 4 is 23.1 Å². The van der Waals surface area contributed by atoms with Crippen molar-refractivity contribution in [3.8, 4) is 5.75 Å². The number of anilines is 2. The van der Waals surface area contributed by atoms with Crippen molar-refractivity contribution in [1.29, 1.82) is 0 Å². The minimum absolute atomic E-state index is 0.450. The van der Waals surface area contributed by atoms with Crippen LogP contribution in [0.5, 0.6) is 5.75 Å². The maximum atomic E-state index is 12.9. The Hall–Kier alpha value is -2.86. The number of rotatable bonds is 5. The molecule has 136 valence electrons. The second kappa shape index (κ2) is 7.58. The van der Waals surface area contributed by atoms with E-state index >= 15 is 0 Å². The van der Waals surface area contributed by atoms with Crippen LogP contribution in [0.25, 0.3) is 0 Å². The molecule has 2 aromatic rings. The highest BCUT2D eigenvalue weighted by Gasteiger charge is 2.35. The zero-order chi connectivity index (χ0) is 18.7. The first-order valence-corrected chi connectivity index (χ1v) is 8.51. The van der Waals surface area contributed by atoms with Crippen LogP contribution in [-0.2, 0) is 9.59 Å². The molecule has 1 amide bonds. The molecular weight excluding hydrogens is 330 g/mol. The summed E-state index contributed by atoms with van der Waals surface area (Å²) in [7, 11) is 5.47. The van der Waals surface area contributed by atoms with Gasteiger partial charge in [-0.15, -0.1) is 0 Å². The molecule has 0 bridgehead atoms. The molecular formula is C20H23N3O3. The van der Waals surface area contributed by atoms with Crippen LogP contribution in [0.15, 0.2) is 48.5 Å². The monoisotopic (exact) mass is 353 g/mol. The molecule has 2 aromatic carbocycles. The molecule has 1 aliphatic heterocycles. The van der Waals surface area contributed by atoms with E-state index in [2.05, 4.69) is 5.32 Å². The number of carbonyl (C=O) groups excluding carboxylic acids is 2. The van der Waals surface area contributed by atoms with Gasteiger partial charge in [-0.05, 0) is 43.9 Å². The number of Topliss-reactive ketones (excluding diaryl/α,β-unsaturated/α-hetero) is 1. The third-order valence-corrected chi connectivity index (χ3v) is 4.43. The van der Waals surface area contributed by atoms with Crippen LogP contribution in [0.3, 0.4) is 0 Å². The van der Waals surface area contributed by atoms with Crippen LogP contribution in [0.2, 0.25) is 0 Å². The molecule has 0 aromatic heterocycles. The van der Waals surface area contributed by atoms with Crippen molar-refractivity contribution in [1.82, 2.24) is 4.90 Å². The molecule has 6 heteroatoms. The van der Waals surface area contributed by atoms with E-state index in [1.165, 1.54) is 0 Å². The molecule has 1 unspecified atom stereocenters. The first-order valence-electron chi connectivity index (χ1n) is 8.51. The van der Waals surface area contributed by atoms with Gasteiger partial charge in [-0.3, -0.25) is 9.59 Å². The van der Waals surface area contributed by atoms with E-state index < -0.39 is 17.7 Å². The summed E-state index contributed by atoms with van der Waals surface area (Å²) in [5.74, 6) is -0.260. The summed E-state index contributed by atoms with van der Waals surface area (Å²) >= 11 is 0. The zero-order valence-electron chi connectivity index (χ0n) is 15.2. The molecule has 1 aliphatic rings. The molecule has 6 nitrogen and oxygen atoms in total. The molecule has 0 spiro atoms. The Kier molecular flexibility index (Phi) is 5.23. The Morgan fingerprint density at radius 2 is 1.77 bits per heavy atom. The summed E-state index contributed by atoms with van der Waals surface area (Å²) in [5, 5.41) is 3.24. The number of para-hydroxylation sites is 2. The van der Waals surface area contributed by atoms with Crippen molar-refractivity contribution in [2.75, 3.05) is 44.5 Å². The Labute approximate surface area is 153 Å². The quantitative estimate of drug-likeness (QED) is 0.836. The summed E-state index contributed by atoms with van der Waals surface area (Å²) in [6, 6.07) is 14.0. The summed E-state index contributed by atoms with van der Waals surface area (Å²) in [6.45, 7) is 1.12. The molecule has 0 saturated carbocycles. The average Bonchev–Trinajstić information content (AvgIpc) is 2.76. The second-order valence-corrected chi connectivity index (χ2v) is 6.49. The fraction of sp³-hybridized carbons (Fsp3) is 0.300. The number of fused-ring (bicyclic) bond motifs is 1. The highest BCUT2D eigenvalue weighted by molar-refractivity contribution is 6.44. The lowest BCUT2D eigenvalue weighted by atomic mass is 10.0. The Morgan fingerprint density at radius 1 is 1.08 bits per heavy atom. The van der Waals surface area contributed by atoms with Crippen LogP contribution in [0, 0.1) is 0 Å². The third-order valence-electron chi connectivity index (χ3n) is 4.43.